The summed E-state index contributed by atoms with van der Waals surface area (Å²) in [6.07, 6.45) is 2.17. The van der Waals surface area contributed by atoms with Crippen LogP contribution in [0.15, 0.2) is 29.3 Å². The van der Waals surface area contributed by atoms with Gasteiger partial charge in [-0.2, -0.15) is 0 Å². The molecule has 1 unspecified atom stereocenters. The molecule has 0 aliphatic rings. The lowest BCUT2D eigenvalue weighted by Gasteiger charge is -2.21. The highest BCUT2D eigenvalue weighted by Crippen LogP contribution is 2.11. The molecule has 1 aromatic rings. The van der Waals surface area contributed by atoms with Crippen LogP contribution in [0.1, 0.15) is 39.2 Å². The van der Waals surface area contributed by atoms with Crippen molar-refractivity contribution in [2.45, 2.75) is 46.2 Å². The number of rotatable bonds is 12. The largest absolute Gasteiger partial charge is 0.497 e. The molecule has 1 aromatic carbocycles. The van der Waals surface area contributed by atoms with Crippen LogP contribution in [-0.4, -0.2) is 75.1 Å². The molecule has 7 heteroatoms. The second-order valence-corrected chi connectivity index (χ2v) is 7.37. The fourth-order valence-corrected chi connectivity index (χ4v) is 2.84. The lowest BCUT2D eigenvalue weighted by molar-refractivity contribution is -0.127. The van der Waals surface area contributed by atoms with Crippen molar-refractivity contribution < 1.29 is 9.53 Å². The summed E-state index contributed by atoms with van der Waals surface area (Å²) < 4.78 is 5.20. The van der Waals surface area contributed by atoms with Crippen molar-refractivity contribution in [2.24, 2.45) is 4.99 Å². The number of ether oxygens (including phenoxy) is 1. The summed E-state index contributed by atoms with van der Waals surface area (Å²) in [6.45, 7) is 10.6. The Labute approximate surface area is 176 Å². The average Bonchev–Trinajstić information content (AvgIpc) is 2.73. The number of benzene rings is 1. The van der Waals surface area contributed by atoms with Crippen LogP contribution in [0.5, 0.6) is 5.75 Å². The third kappa shape index (κ3) is 10.2. The molecule has 0 heterocycles. The molecule has 0 fully saturated rings. The van der Waals surface area contributed by atoms with Crippen LogP contribution in [0.3, 0.4) is 0 Å². The van der Waals surface area contributed by atoms with E-state index < -0.39 is 0 Å². The molecule has 0 saturated heterocycles. The maximum absolute atomic E-state index is 12.0. The number of nitrogens with zero attached hydrogens (tertiary/aromatic N) is 3. The summed E-state index contributed by atoms with van der Waals surface area (Å²) in [5, 5.41) is 6.60. The molecule has 0 aliphatic carbocycles. The van der Waals surface area contributed by atoms with Crippen molar-refractivity contribution in [3.8, 4) is 5.75 Å². The number of hydrogen-bond donors (Lipinski definition) is 2. The number of likely N-dealkylation sites (N-methyl/N-ethyl adjacent to an activating group) is 1. The van der Waals surface area contributed by atoms with E-state index in [1.165, 1.54) is 0 Å². The molecule has 0 spiro atoms. The highest BCUT2D eigenvalue weighted by atomic mass is 16.5. The Kier molecular flexibility index (Phi) is 11.8. The van der Waals surface area contributed by atoms with Crippen LogP contribution in [0.2, 0.25) is 0 Å². The van der Waals surface area contributed by atoms with E-state index in [1.54, 1.807) is 26.1 Å². The Balaban J connectivity index is 2.66. The smallest absolute Gasteiger partial charge is 0.241 e. The molecule has 1 rings (SSSR count). The van der Waals surface area contributed by atoms with E-state index in [2.05, 4.69) is 41.3 Å². The molecule has 1 atom stereocenters. The van der Waals surface area contributed by atoms with E-state index in [0.717, 1.165) is 43.8 Å². The first-order valence-corrected chi connectivity index (χ1v) is 10.5. The van der Waals surface area contributed by atoms with Gasteiger partial charge in [0.05, 0.1) is 20.2 Å². The predicted octanol–water partition coefficient (Wildman–Crippen LogP) is 2.33. The van der Waals surface area contributed by atoms with Crippen molar-refractivity contribution in [3.05, 3.63) is 29.8 Å². The van der Waals surface area contributed by atoms with E-state index >= 15 is 0 Å². The summed E-state index contributed by atoms with van der Waals surface area (Å²) in [6, 6.07) is 8.12. The zero-order valence-corrected chi connectivity index (χ0v) is 19.0. The van der Waals surface area contributed by atoms with E-state index in [0.29, 0.717) is 12.5 Å². The fourth-order valence-electron chi connectivity index (χ4n) is 2.84. The van der Waals surface area contributed by atoms with E-state index in [-0.39, 0.29) is 18.5 Å². The minimum Gasteiger partial charge on any atom is -0.497 e. The molecule has 29 heavy (non-hydrogen) atoms. The molecule has 0 bridgehead atoms. The first kappa shape index (κ1) is 24.8. The third-order valence-corrected chi connectivity index (χ3v) is 4.87. The van der Waals surface area contributed by atoms with Gasteiger partial charge in [-0.25, -0.2) is 4.99 Å². The Morgan fingerprint density at radius 2 is 1.83 bits per heavy atom. The number of amides is 1. The van der Waals surface area contributed by atoms with Crippen molar-refractivity contribution in [1.82, 2.24) is 20.4 Å². The number of carbonyl (C=O) groups is 1. The molecular formula is C22H39N5O2. The standard InChI is InChI=1S/C22H39N5O2/c1-7-27(8-2)15-9-10-18(3)25-22(24-17-21(28)26(4)5)23-16-19-11-13-20(29-6)14-12-19/h11-14,18H,7-10,15-17H2,1-6H3,(H2,23,24,25). The normalized spacial score (nSPS) is 12.6. The summed E-state index contributed by atoms with van der Waals surface area (Å²) in [5.41, 5.74) is 1.08. The van der Waals surface area contributed by atoms with Crippen molar-refractivity contribution in [1.29, 1.82) is 0 Å². The fraction of sp³-hybridized carbons (Fsp3) is 0.636. The second kappa shape index (κ2) is 13.8. The molecule has 2 N–H and O–H groups in total. The van der Waals surface area contributed by atoms with Gasteiger partial charge < -0.3 is 25.2 Å². The Morgan fingerprint density at radius 3 is 2.38 bits per heavy atom. The quantitative estimate of drug-likeness (QED) is 0.413. The van der Waals surface area contributed by atoms with Crippen LogP contribution >= 0.6 is 0 Å². The SMILES string of the molecule is CCN(CC)CCCC(C)NC(=NCc1ccc(OC)cc1)NCC(=O)N(C)C. The van der Waals surface area contributed by atoms with Crippen LogP contribution in [-0.2, 0) is 11.3 Å². The number of aliphatic imine (C=N–C) groups is 1. The van der Waals surface area contributed by atoms with Gasteiger partial charge >= 0.3 is 0 Å². The number of guanidine groups is 1. The van der Waals surface area contributed by atoms with Crippen LogP contribution in [0.25, 0.3) is 0 Å². The zero-order valence-electron chi connectivity index (χ0n) is 19.0. The van der Waals surface area contributed by atoms with E-state index in [1.807, 2.05) is 24.3 Å². The highest BCUT2D eigenvalue weighted by molar-refractivity contribution is 5.86. The third-order valence-electron chi connectivity index (χ3n) is 4.87. The average molecular weight is 406 g/mol. The minimum atomic E-state index is 0.0122. The molecule has 0 aliphatic heterocycles. The number of hydrogen-bond acceptors (Lipinski definition) is 4. The summed E-state index contributed by atoms with van der Waals surface area (Å²) in [7, 11) is 5.16. The lowest BCUT2D eigenvalue weighted by Crippen LogP contribution is -2.46. The topological polar surface area (TPSA) is 69.2 Å². The van der Waals surface area contributed by atoms with Crippen LogP contribution in [0.4, 0.5) is 0 Å². The van der Waals surface area contributed by atoms with E-state index in [4.69, 9.17) is 4.74 Å². The first-order chi connectivity index (χ1) is 13.9. The summed E-state index contributed by atoms with van der Waals surface area (Å²) >= 11 is 0. The maximum Gasteiger partial charge on any atom is 0.241 e. The minimum absolute atomic E-state index is 0.0122. The van der Waals surface area contributed by atoms with Gasteiger partial charge in [-0.3, -0.25) is 4.79 Å². The molecule has 164 valence electrons. The first-order valence-electron chi connectivity index (χ1n) is 10.5. The Bertz CT molecular complexity index is 612. The number of nitrogens with one attached hydrogen (secondary N) is 2. The van der Waals surface area contributed by atoms with Gasteiger partial charge in [0, 0.05) is 20.1 Å². The zero-order chi connectivity index (χ0) is 21.6. The monoisotopic (exact) mass is 405 g/mol. The van der Waals surface area contributed by atoms with Gasteiger partial charge in [-0.05, 0) is 57.1 Å². The molecule has 1 amide bonds. The molecule has 0 aromatic heterocycles. The highest BCUT2D eigenvalue weighted by Gasteiger charge is 2.10. The van der Waals surface area contributed by atoms with Crippen molar-refractivity contribution in [3.63, 3.8) is 0 Å². The molecule has 0 radical (unpaired) electrons. The number of carbonyl (C=O) groups excluding carboxylic acids is 1. The van der Waals surface area contributed by atoms with Gasteiger partial charge in [0.25, 0.3) is 0 Å². The maximum atomic E-state index is 12.0. The van der Waals surface area contributed by atoms with Gasteiger partial charge in [-0.15, -0.1) is 0 Å². The van der Waals surface area contributed by atoms with Gasteiger partial charge in [0.15, 0.2) is 5.96 Å². The van der Waals surface area contributed by atoms with Crippen molar-refractivity contribution in [2.75, 3.05) is 47.4 Å². The van der Waals surface area contributed by atoms with Gasteiger partial charge in [0.2, 0.25) is 5.91 Å². The predicted molar refractivity (Wildman–Crippen MR) is 120 cm³/mol. The van der Waals surface area contributed by atoms with E-state index in [9.17, 15) is 4.79 Å². The second-order valence-electron chi connectivity index (χ2n) is 7.37. The van der Waals surface area contributed by atoms with Gasteiger partial charge in [-0.1, -0.05) is 26.0 Å². The summed E-state index contributed by atoms with van der Waals surface area (Å²) in [5.74, 6) is 1.50. The molecule has 7 nitrogen and oxygen atoms in total. The lowest BCUT2D eigenvalue weighted by atomic mass is 10.2. The Hall–Kier alpha value is -2.28. The molecular weight excluding hydrogens is 366 g/mol. The van der Waals surface area contributed by atoms with Crippen molar-refractivity contribution >= 4 is 11.9 Å². The van der Waals surface area contributed by atoms with Crippen LogP contribution < -0.4 is 15.4 Å². The Morgan fingerprint density at radius 1 is 1.17 bits per heavy atom. The van der Waals surface area contributed by atoms with Crippen LogP contribution in [0, 0.1) is 0 Å². The van der Waals surface area contributed by atoms with Gasteiger partial charge in [0.1, 0.15) is 5.75 Å². The number of methoxy groups -OCH3 is 1. The molecule has 0 saturated carbocycles. The summed E-state index contributed by atoms with van der Waals surface area (Å²) in [4.78, 5) is 20.6.